The molecule has 0 aromatic rings. The number of halogens is 3. The first-order chi connectivity index (χ1) is 12.1. The van der Waals surface area contributed by atoms with Gasteiger partial charge >= 0.3 is 12.3 Å². The second-order valence-electron chi connectivity index (χ2n) is 7.79. The van der Waals surface area contributed by atoms with Crippen LogP contribution in [0.25, 0.3) is 0 Å². The van der Waals surface area contributed by atoms with Gasteiger partial charge in [0.2, 0.25) is 8.32 Å². The van der Waals surface area contributed by atoms with E-state index in [4.69, 9.17) is 4.43 Å². The van der Waals surface area contributed by atoms with Gasteiger partial charge in [0.1, 0.15) is 6.10 Å². The van der Waals surface area contributed by atoms with Crippen molar-refractivity contribution in [3.05, 3.63) is 0 Å². The first kappa shape index (κ1) is 25.7. The third-order valence-electron chi connectivity index (χ3n) is 4.54. The highest BCUT2D eigenvalue weighted by Gasteiger charge is 2.53. The Morgan fingerprint density at radius 3 is 1.59 bits per heavy atom. The Morgan fingerprint density at radius 1 is 0.926 bits per heavy atom. The van der Waals surface area contributed by atoms with Crippen LogP contribution in [0.5, 0.6) is 0 Å². The Labute approximate surface area is 159 Å². The van der Waals surface area contributed by atoms with Crippen molar-refractivity contribution < 1.29 is 37.0 Å². The van der Waals surface area contributed by atoms with Crippen molar-refractivity contribution in [2.75, 3.05) is 0 Å². The Morgan fingerprint density at radius 2 is 1.33 bits per heavy atom. The molecule has 0 fully saturated rings. The summed E-state index contributed by atoms with van der Waals surface area (Å²) in [6.45, 7) is 13.8. The molecule has 0 unspecified atom stereocenters. The van der Waals surface area contributed by atoms with Crippen LogP contribution in [-0.2, 0) is 14.0 Å². The average molecular weight is 415 g/mol. The molecule has 0 bridgehead atoms. The largest absolute Gasteiger partial charge is 0.547 e. The van der Waals surface area contributed by atoms with Gasteiger partial charge in [0.25, 0.3) is 0 Å². The van der Waals surface area contributed by atoms with Crippen LogP contribution < -0.4 is 10.4 Å². The zero-order chi connectivity index (χ0) is 21.7. The lowest BCUT2D eigenvalue weighted by Crippen LogP contribution is -2.64. The number of carbonyl (C=O) groups excluding carboxylic acids is 2. The molecule has 1 amide bonds. The number of carboxylic acid groups (broad SMARTS) is 1. The zero-order valence-electron chi connectivity index (χ0n) is 17.1. The van der Waals surface area contributed by atoms with Gasteiger partial charge in [-0.15, -0.1) is 0 Å². The molecule has 0 aliphatic carbocycles. The molecular formula is C17H31F3NO5Si-. The molecule has 0 spiro atoms. The van der Waals surface area contributed by atoms with Crippen molar-refractivity contribution in [3.63, 3.8) is 0 Å². The lowest BCUT2D eigenvalue weighted by molar-refractivity contribution is -0.319. The van der Waals surface area contributed by atoms with Crippen molar-refractivity contribution in [1.29, 1.82) is 0 Å². The van der Waals surface area contributed by atoms with E-state index in [1.165, 1.54) is 13.8 Å². The van der Waals surface area contributed by atoms with Gasteiger partial charge in [0, 0.05) is 0 Å². The van der Waals surface area contributed by atoms with E-state index in [0.717, 1.165) is 0 Å². The second-order valence-corrected chi connectivity index (χ2v) is 13.2. The molecule has 6 nitrogen and oxygen atoms in total. The molecule has 0 aromatic carbocycles. The number of alkyl carbamates (subject to hydrolysis) is 1. The van der Waals surface area contributed by atoms with Crippen LogP contribution in [0.2, 0.25) is 16.6 Å². The summed E-state index contributed by atoms with van der Waals surface area (Å²) in [5, 5.41) is 13.2. The van der Waals surface area contributed by atoms with Crippen LogP contribution in [-0.4, -0.2) is 44.8 Å². The van der Waals surface area contributed by atoms with E-state index in [-0.39, 0.29) is 16.6 Å². The van der Waals surface area contributed by atoms with Crippen LogP contribution in [0.15, 0.2) is 0 Å². The maximum Gasteiger partial charge on any atom is 0.411 e. The lowest BCUT2D eigenvalue weighted by atomic mass is 10.1. The minimum atomic E-state index is -5.06. The minimum Gasteiger partial charge on any atom is -0.547 e. The van der Waals surface area contributed by atoms with E-state index < -0.39 is 44.8 Å². The molecule has 160 valence electrons. The maximum absolute atomic E-state index is 13.6. The Balaban J connectivity index is 6.05. The van der Waals surface area contributed by atoms with E-state index in [1.54, 1.807) is 5.32 Å². The number of nitrogens with one attached hydrogen (secondary N) is 1. The Kier molecular flexibility index (Phi) is 9.30. The third kappa shape index (κ3) is 6.67. The van der Waals surface area contributed by atoms with E-state index in [2.05, 4.69) is 4.74 Å². The summed E-state index contributed by atoms with van der Waals surface area (Å²) in [6.07, 6.45) is -9.47. The van der Waals surface area contributed by atoms with Crippen LogP contribution in [0.1, 0.15) is 55.4 Å². The highest BCUT2D eigenvalue weighted by molar-refractivity contribution is 6.77. The molecule has 10 heteroatoms. The zero-order valence-corrected chi connectivity index (χ0v) is 18.1. The summed E-state index contributed by atoms with van der Waals surface area (Å²) in [6, 6.07) is -2.78. The van der Waals surface area contributed by atoms with Crippen molar-refractivity contribution in [2.45, 2.75) is 96.4 Å². The van der Waals surface area contributed by atoms with Crippen molar-refractivity contribution in [1.82, 2.24) is 5.32 Å². The minimum absolute atomic E-state index is 0.157. The van der Waals surface area contributed by atoms with Crippen molar-refractivity contribution in [3.8, 4) is 0 Å². The molecule has 0 aliphatic rings. The fourth-order valence-corrected chi connectivity index (χ4v) is 9.07. The van der Waals surface area contributed by atoms with Crippen LogP contribution >= 0.6 is 0 Å². The number of carboxylic acids is 1. The SMILES string of the molecule is CC(C)OC(=O)N[C@H]([C@@H](O[Si](C(C)C)(C(C)C)C(C)C)C(=O)[O-])C(F)(F)F. The first-order valence-corrected chi connectivity index (χ1v) is 11.1. The quantitative estimate of drug-likeness (QED) is 0.585. The highest BCUT2D eigenvalue weighted by atomic mass is 28.4. The predicted molar refractivity (Wildman–Crippen MR) is 95.5 cm³/mol. The van der Waals surface area contributed by atoms with Gasteiger partial charge in [0.15, 0.2) is 6.04 Å². The molecule has 1 N–H and O–H groups in total. The Bertz CT molecular complexity index is 488. The number of aliphatic carboxylic acids is 1. The van der Waals surface area contributed by atoms with Crippen LogP contribution in [0, 0.1) is 0 Å². The number of carbonyl (C=O) groups is 2. The lowest BCUT2D eigenvalue weighted by Gasteiger charge is -2.46. The van der Waals surface area contributed by atoms with Gasteiger partial charge in [-0.05, 0) is 30.5 Å². The number of alkyl halides is 3. The summed E-state index contributed by atoms with van der Waals surface area (Å²) in [7, 11) is -2.99. The van der Waals surface area contributed by atoms with E-state index in [9.17, 15) is 27.9 Å². The van der Waals surface area contributed by atoms with Gasteiger partial charge in [-0.25, -0.2) is 4.79 Å². The highest BCUT2D eigenvalue weighted by Crippen LogP contribution is 2.44. The van der Waals surface area contributed by atoms with Crippen LogP contribution in [0.4, 0.5) is 18.0 Å². The van der Waals surface area contributed by atoms with Gasteiger partial charge in [-0.2, -0.15) is 13.2 Å². The summed E-state index contributed by atoms with van der Waals surface area (Å²) in [4.78, 5) is 23.3. The Hall–Kier alpha value is -1.29. The van der Waals surface area contributed by atoms with Gasteiger partial charge in [0.05, 0.1) is 12.1 Å². The fraction of sp³-hybridized carbons (Fsp3) is 0.882. The van der Waals surface area contributed by atoms with Crippen LogP contribution in [0.3, 0.4) is 0 Å². The molecule has 0 aliphatic heterocycles. The standard InChI is InChI=1S/C17H32F3NO5Si/c1-9(2)25-16(24)21-14(17(18,19)20)13(15(22)23)26-27(10(3)4,11(5)6)12(7)8/h9-14H,1-8H3,(H,21,24)(H,22,23)/p-1/t13-,14-/m1/s1. The topological polar surface area (TPSA) is 87.7 Å². The molecule has 27 heavy (non-hydrogen) atoms. The predicted octanol–water partition coefficient (Wildman–Crippen LogP) is 3.36. The van der Waals surface area contributed by atoms with E-state index in [0.29, 0.717) is 0 Å². The summed E-state index contributed by atoms with van der Waals surface area (Å²) >= 11 is 0. The van der Waals surface area contributed by atoms with Crippen molar-refractivity contribution in [2.24, 2.45) is 0 Å². The average Bonchev–Trinajstić information content (AvgIpc) is 2.42. The summed E-state index contributed by atoms with van der Waals surface area (Å²) in [5.41, 5.74) is -0.470. The van der Waals surface area contributed by atoms with Crippen molar-refractivity contribution >= 4 is 20.4 Å². The van der Waals surface area contributed by atoms with Gasteiger partial charge in [-0.3, -0.25) is 0 Å². The maximum atomic E-state index is 13.6. The van der Waals surface area contributed by atoms with Gasteiger partial charge < -0.3 is 24.4 Å². The third-order valence-corrected chi connectivity index (χ3v) is 10.6. The second kappa shape index (κ2) is 9.77. The monoisotopic (exact) mass is 414 g/mol. The molecule has 0 heterocycles. The molecule has 0 rings (SSSR count). The first-order valence-electron chi connectivity index (χ1n) is 8.99. The van der Waals surface area contributed by atoms with E-state index >= 15 is 0 Å². The number of rotatable bonds is 9. The number of hydrogen-bond donors (Lipinski definition) is 1. The summed E-state index contributed by atoms with van der Waals surface area (Å²) < 4.78 is 51.2. The van der Waals surface area contributed by atoms with Gasteiger partial charge in [-0.1, -0.05) is 41.5 Å². The molecule has 0 radical (unpaired) electrons. The molecule has 2 atom stereocenters. The fourth-order valence-electron chi connectivity index (χ4n) is 3.58. The van der Waals surface area contributed by atoms with E-state index in [1.807, 2.05) is 41.5 Å². The number of ether oxygens (including phenoxy) is 1. The number of amides is 1. The normalized spacial score (nSPS) is 15.4. The number of hydrogen-bond acceptors (Lipinski definition) is 5. The molecular weight excluding hydrogens is 383 g/mol. The summed E-state index contributed by atoms with van der Waals surface area (Å²) in [5.74, 6) is -2.03. The molecule has 0 aromatic heterocycles. The molecule has 0 saturated carbocycles. The molecule has 0 saturated heterocycles. The smallest absolute Gasteiger partial charge is 0.411 e.